The summed E-state index contributed by atoms with van der Waals surface area (Å²) >= 11 is 1.34. The summed E-state index contributed by atoms with van der Waals surface area (Å²) < 4.78 is 0. The number of anilines is 1. The fraction of sp³-hybridized carbons (Fsp3) is 0.250. The van der Waals surface area contributed by atoms with Gasteiger partial charge in [0.15, 0.2) is 5.13 Å². The number of hydrogen-bond donors (Lipinski definition) is 3. The molecule has 140 valence electrons. The number of benzene rings is 2. The molecule has 1 heterocycles. The number of hydrogen-bond acceptors (Lipinski definition) is 5. The lowest BCUT2D eigenvalue weighted by atomic mass is 10.1. The van der Waals surface area contributed by atoms with E-state index >= 15 is 0 Å². The lowest BCUT2D eigenvalue weighted by molar-refractivity contribution is -0.125. The summed E-state index contributed by atoms with van der Waals surface area (Å²) in [5.41, 5.74) is 7.54. The van der Waals surface area contributed by atoms with Crippen molar-refractivity contribution in [3.63, 3.8) is 0 Å². The SMILES string of the molecule is CC(C)[C@H](N)C(=O)NCC(=O)Nc1nc(-c2ccc3ccccc3c2)cs1. The predicted molar refractivity (Wildman–Crippen MR) is 110 cm³/mol. The molecule has 0 spiro atoms. The third-order valence-electron chi connectivity index (χ3n) is 4.24. The average Bonchev–Trinajstić information content (AvgIpc) is 3.13. The molecular weight excluding hydrogens is 360 g/mol. The van der Waals surface area contributed by atoms with Gasteiger partial charge in [0.05, 0.1) is 18.3 Å². The number of nitrogens with zero attached hydrogens (tertiary/aromatic N) is 1. The van der Waals surface area contributed by atoms with Crippen LogP contribution in [0.1, 0.15) is 13.8 Å². The summed E-state index contributed by atoms with van der Waals surface area (Å²) in [4.78, 5) is 28.3. The van der Waals surface area contributed by atoms with E-state index in [4.69, 9.17) is 5.73 Å². The zero-order valence-electron chi connectivity index (χ0n) is 15.2. The number of thiazole rings is 1. The third-order valence-corrected chi connectivity index (χ3v) is 5.00. The molecule has 2 aromatic carbocycles. The Kier molecular flexibility index (Phi) is 5.83. The molecule has 6 nitrogen and oxygen atoms in total. The Labute approximate surface area is 161 Å². The van der Waals surface area contributed by atoms with Crippen LogP contribution in [0.4, 0.5) is 5.13 Å². The molecular formula is C20H22N4O2S. The first-order chi connectivity index (χ1) is 12.9. The molecule has 1 aromatic heterocycles. The molecule has 0 bridgehead atoms. The average molecular weight is 382 g/mol. The highest BCUT2D eigenvalue weighted by molar-refractivity contribution is 7.14. The van der Waals surface area contributed by atoms with Crippen molar-refractivity contribution in [2.75, 3.05) is 11.9 Å². The molecule has 3 aromatic rings. The van der Waals surface area contributed by atoms with Crippen LogP contribution in [0.25, 0.3) is 22.0 Å². The summed E-state index contributed by atoms with van der Waals surface area (Å²) in [5.74, 6) is -0.661. The summed E-state index contributed by atoms with van der Waals surface area (Å²) in [6, 6.07) is 13.6. The van der Waals surface area contributed by atoms with Crippen LogP contribution in [0.15, 0.2) is 47.8 Å². The first kappa shape index (κ1) is 19.0. The van der Waals surface area contributed by atoms with Gasteiger partial charge in [0.2, 0.25) is 11.8 Å². The molecule has 3 rings (SSSR count). The van der Waals surface area contributed by atoms with Crippen molar-refractivity contribution < 1.29 is 9.59 Å². The predicted octanol–water partition coefficient (Wildman–Crippen LogP) is 3.00. The van der Waals surface area contributed by atoms with Gasteiger partial charge in [0.1, 0.15) is 0 Å². The van der Waals surface area contributed by atoms with Crippen molar-refractivity contribution >= 4 is 39.1 Å². The standard InChI is InChI=1S/C20H22N4O2S/c1-12(2)18(21)19(26)22-10-17(25)24-20-23-16(11-27-20)15-8-7-13-5-3-4-6-14(13)9-15/h3-9,11-12,18H,10,21H2,1-2H3,(H,22,26)(H,23,24,25)/t18-/m0/s1. The van der Waals surface area contributed by atoms with Gasteiger partial charge in [-0.2, -0.15) is 0 Å². The van der Waals surface area contributed by atoms with Crippen LogP contribution in [0.5, 0.6) is 0 Å². The topological polar surface area (TPSA) is 97.1 Å². The van der Waals surface area contributed by atoms with Gasteiger partial charge >= 0.3 is 0 Å². The Morgan fingerprint density at radius 1 is 1.15 bits per heavy atom. The normalized spacial score (nSPS) is 12.1. The Morgan fingerprint density at radius 2 is 1.89 bits per heavy atom. The van der Waals surface area contributed by atoms with Crippen LogP contribution in [0.2, 0.25) is 0 Å². The van der Waals surface area contributed by atoms with E-state index in [1.807, 2.05) is 37.4 Å². The van der Waals surface area contributed by atoms with E-state index in [1.165, 1.54) is 16.7 Å². The van der Waals surface area contributed by atoms with Crippen LogP contribution in [0.3, 0.4) is 0 Å². The monoisotopic (exact) mass is 382 g/mol. The Hall–Kier alpha value is -2.77. The Bertz CT molecular complexity index is 967. The molecule has 7 heteroatoms. The first-order valence-corrected chi connectivity index (χ1v) is 9.60. The van der Waals surface area contributed by atoms with Gasteiger partial charge in [-0.1, -0.05) is 50.2 Å². The highest BCUT2D eigenvalue weighted by atomic mass is 32.1. The molecule has 0 fully saturated rings. The highest BCUT2D eigenvalue weighted by Gasteiger charge is 2.18. The second-order valence-electron chi connectivity index (χ2n) is 6.64. The van der Waals surface area contributed by atoms with E-state index in [9.17, 15) is 9.59 Å². The van der Waals surface area contributed by atoms with Crippen molar-refractivity contribution in [3.8, 4) is 11.3 Å². The van der Waals surface area contributed by atoms with Gasteiger partial charge in [0.25, 0.3) is 0 Å². The summed E-state index contributed by atoms with van der Waals surface area (Å²) in [6.45, 7) is 3.58. The van der Waals surface area contributed by atoms with Crippen molar-refractivity contribution in [2.45, 2.75) is 19.9 Å². The summed E-state index contributed by atoms with van der Waals surface area (Å²) in [6.07, 6.45) is 0. The Morgan fingerprint density at radius 3 is 2.63 bits per heavy atom. The van der Waals surface area contributed by atoms with Crippen molar-refractivity contribution in [1.29, 1.82) is 0 Å². The number of carbonyl (C=O) groups is 2. The molecule has 1 atom stereocenters. The van der Waals surface area contributed by atoms with Crippen molar-refractivity contribution in [1.82, 2.24) is 10.3 Å². The summed E-state index contributed by atoms with van der Waals surface area (Å²) in [7, 11) is 0. The summed E-state index contributed by atoms with van der Waals surface area (Å²) in [5, 5.41) is 9.94. The minimum Gasteiger partial charge on any atom is -0.346 e. The zero-order valence-corrected chi connectivity index (χ0v) is 16.0. The number of rotatable bonds is 6. The first-order valence-electron chi connectivity index (χ1n) is 8.72. The molecule has 0 aliphatic rings. The maximum absolute atomic E-state index is 12.0. The number of aromatic nitrogens is 1. The lowest BCUT2D eigenvalue weighted by Crippen LogP contribution is -2.46. The highest BCUT2D eigenvalue weighted by Crippen LogP contribution is 2.27. The van der Waals surface area contributed by atoms with Crippen molar-refractivity contribution in [2.24, 2.45) is 11.7 Å². The van der Waals surface area contributed by atoms with Gasteiger partial charge in [-0.05, 0) is 22.8 Å². The molecule has 0 aliphatic carbocycles. The molecule has 0 saturated heterocycles. The molecule has 0 unspecified atom stereocenters. The van der Waals surface area contributed by atoms with Crippen LogP contribution in [-0.4, -0.2) is 29.4 Å². The largest absolute Gasteiger partial charge is 0.346 e. The van der Waals surface area contributed by atoms with E-state index in [1.54, 1.807) is 0 Å². The van der Waals surface area contributed by atoms with E-state index in [0.717, 1.165) is 16.6 Å². The number of amides is 2. The van der Waals surface area contributed by atoms with Gasteiger partial charge < -0.3 is 16.4 Å². The fourth-order valence-electron chi connectivity index (χ4n) is 2.56. The van der Waals surface area contributed by atoms with Crippen molar-refractivity contribution in [3.05, 3.63) is 47.8 Å². The maximum Gasteiger partial charge on any atom is 0.245 e. The minimum atomic E-state index is -0.628. The quantitative estimate of drug-likeness (QED) is 0.610. The second-order valence-corrected chi connectivity index (χ2v) is 7.49. The second kappa shape index (κ2) is 8.28. The fourth-order valence-corrected chi connectivity index (χ4v) is 3.30. The van der Waals surface area contributed by atoms with Crippen LogP contribution >= 0.6 is 11.3 Å². The van der Waals surface area contributed by atoms with Gasteiger partial charge in [-0.3, -0.25) is 9.59 Å². The smallest absolute Gasteiger partial charge is 0.245 e. The molecule has 0 radical (unpaired) electrons. The van der Waals surface area contributed by atoms with Crippen LogP contribution in [0, 0.1) is 5.92 Å². The molecule has 27 heavy (non-hydrogen) atoms. The van der Waals surface area contributed by atoms with E-state index in [-0.39, 0.29) is 24.3 Å². The minimum absolute atomic E-state index is 0.0107. The number of nitrogens with one attached hydrogen (secondary N) is 2. The molecule has 0 saturated carbocycles. The van der Waals surface area contributed by atoms with Gasteiger partial charge in [-0.25, -0.2) is 4.98 Å². The van der Waals surface area contributed by atoms with E-state index in [2.05, 4.69) is 39.9 Å². The van der Waals surface area contributed by atoms with Gasteiger partial charge in [-0.15, -0.1) is 11.3 Å². The zero-order chi connectivity index (χ0) is 19.4. The van der Waals surface area contributed by atoms with Crippen LogP contribution < -0.4 is 16.4 Å². The van der Waals surface area contributed by atoms with E-state index in [0.29, 0.717) is 5.13 Å². The number of nitrogens with two attached hydrogens (primary N) is 1. The number of fused-ring (bicyclic) bond motifs is 1. The molecule has 2 amide bonds. The van der Waals surface area contributed by atoms with Gasteiger partial charge in [0, 0.05) is 10.9 Å². The Balaban J connectivity index is 1.61. The third kappa shape index (κ3) is 4.69. The molecule has 4 N–H and O–H groups in total. The van der Waals surface area contributed by atoms with E-state index < -0.39 is 6.04 Å². The van der Waals surface area contributed by atoms with Crippen LogP contribution in [-0.2, 0) is 9.59 Å². The lowest BCUT2D eigenvalue weighted by Gasteiger charge is -2.14. The number of carbonyl (C=O) groups excluding carboxylic acids is 2. The maximum atomic E-state index is 12.0. The molecule has 0 aliphatic heterocycles.